The molecule has 0 fully saturated rings. The van der Waals surface area contributed by atoms with Crippen molar-refractivity contribution in [1.29, 1.82) is 0 Å². The zero-order valence-electron chi connectivity index (χ0n) is 11.5. The second kappa shape index (κ2) is 5.66. The number of oxime groups is 1. The van der Waals surface area contributed by atoms with Crippen molar-refractivity contribution in [3.63, 3.8) is 0 Å². The summed E-state index contributed by atoms with van der Waals surface area (Å²) in [5.41, 5.74) is 5.00. The molecule has 20 heavy (non-hydrogen) atoms. The summed E-state index contributed by atoms with van der Waals surface area (Å²) in [4.78, 5) is 0. The number of benzene rings is 1. The first-order valence-corrected chi connectivity index (χ1v) is 7.47. The lowest BCUT2D eigenvalue weighted by Crippen LogP contribution is -2.27. The van der Waals surface area contributed by atoms with Crippen LogP contribution in [0.25, 0.3) is 0 Å². The highest BCUT2D eigenvalue weighted by Crippen LogP contribution is 2.22. The third-order valence-electron chi connectivity index (χ3n) is 2.25. The van der Waals surface area contributed by atoms with E-state index in [2.05, 4.69) is 9.88 Å². The lowest BCUT2D eigenvalue weighted by molar-refractivity contribution is 0.318. The van der Waals surface area contributed by atoms with Crippen LogP contribution in [-0.4, -0.2) is 25.2 Å². The van der Waals surface area contributed by atoms with Crippen molar-refractivity contribution in [2.45, 2.75) is 20.8 Å². The molecule has 0 aliphatic heterocycles. The zero-order chi connectivity index (χ0) is 15.6. The quantitative estimate of drug-likeness (QED) is 0.341. The maximum Gasteiger partial charge on any atom is 0.233 e. The number of hydrogen-bond acceptors (Lipinski definition) is 4. The third-order valence-corrected chi connectivity index (χ3v) is 4.03. The van der Waals surface area contributed by atoms with Crippen molar-refractivity contribution in [3.05, 3.63) is 29.6 Å². The van der Waals surface area contributed by atoms with Gasteiger partial charge in [-0.05, 0) is 23.6 Å². The Balaban J connectivity index is 3.16. The molecular weight excluding hydrogens is 285 g/mol. The first-order valence-electron chi connectivity index (χ1n) is 5.82. The molecule has 8 heteroatoms. The van der Waals surface area contributed by atoms with Crippen molar-refractivity contribution < 1.29 is 18.0 Å². The van der Waals surface area contributed by atoms with Crippen LogP contribution in [0, 0.1) is 11.2 Å². The summed E-state index contributed by atoms with van der Waals surface area (Å²) in [7, 11) is -3.63. The van der Waals surface area contributed by atoms with E-state index in [-0.39, 0.29) is 22.8 Å². The van der Waals surface area contributed by atoms with Gasteiger partial charge in [0.15, 0.2) is 5.84 Å². The van der Waals surface area contributed by atoms with Gasteiger partial charge in [0.25, 0.3) is 0 Å². The SMILES string of the molecule is CC(C)(C)CS(=O)(=O)Nc1ccc(F)cc1/C(N)=N/O. The number of nitrogens with two attached hydrogens (primary N) is 1. The molecule has 4 N–H and O–H groups in total. The van der Waals surface area contributed by atoms with E-state index in [1.165, 1.54) is 6.07 Å². The van der Waals surface area contributed by atoms with Gasteiger partial charge in [-0.1, -0.05) is 25.9 Å². The van der Waals surface area contributed by atoms with Gasteiger partial charge in [0.1, 0.15) is 5.82 Å². The van der Waals surface area contributed by atoms with E-state index in [1.807, 2.05) is 0 Å². The van der Waals surface area contributed by atoms with Gasteiger partial charge in [-0.3, -0.25) is 4.72 Å². The van der Waals surface area contributed by atoms with Crippen LogP contribution in [-0.2, 0) is 10.0 Å². The molecule has 0 saturated heterocycles. The van der Waals surface area contributed by atoms with E-state index in [9.17, 15) is 12.8 Å². The predicted molar refractivity (Wildman–Crippen MR) is 75.8 cm³/mol. The van der Waals surface area contributed by atoms with Crippen LogP contribution >= 0.6 is 0 Å². The summed E-state index contributed by atoms with van der Waals surface area (Å²) < 4.78 is 39.5. The standard InChI is InChI=1S/C12H18FN3O3S/c1-12(2,3)7-20(18,19)16-10-5-4-8(13)6-9(10)11(14)15-17/h4-6,16-17H,7H2,1-3H3,(H2,14,15). The fourth-order valence-electron chi connectivity index (χ4n) is 1.64. The maximum absolute atomic E-state index is 13.2. The monoisotopic (exact) mass is 303 g/mol. The van der Waals surface area contributed by atoms with Crippen LogP contribution < -0.4 is 10.5 Å². The van der Waals surface area contributed by atoms with Crippen LogP contribution in [0.3, 0.4) is 0 Å². The fraction of sp³-hybridized carbons (Fsp3) is 0.417. The highest BCUT2D eigenvalue weighted by Gasteiger charge is 2.23. The molecule has 0 aliphatic rings. The molecule has 0 atom stereocenters. The number of nitrogens with one attached hydrogen (secondary N) is 1. The normalized spacial score (nSPS) is 13.3. The number of halogens is 1. The minimum atomic E-state index is -3.63. The summed E-state index contributed by atoms with van der Waals surface area (Å²) in [5, 5.41) is 11.4. The topological polar surface area (TPSA) is 105 Å². The number of anilines is 1. The molecule has 6 nitrogen and oxygen atoms in total. The van der Waals surface area contributed by atoms with E-state index in [1.54, 1.807) is 20.8 Å². The van der Waals surface area contributed by atoms with Crippen LogP contribution in [0.5, 0.6) is 0 Å². The van der Waals surface area contributed by atoms with Gasteiger partial charge in [-0.15, -0.1) is 0 Å². The van der Waals surface area contributed by atoms with E-state index >= 15 is 0 Å². The minimum Gasteiger partial charge on any atom is -0.409 e. The number of rotatable bonds is 4. The Morgan fingerprint density at radius 3 is 2.55 bits per heavy atom. The average molecular weight is 303 g/mol. The van der Waals surface area contributed by atoms with Crippen molar-refractivity contribution >= 4 is 21.5 Å². The zero-order valence-corrected chi connectivity index (χ0v) is 12.3. The van der Waals surface area contributed by atoms with Crippen LogP contribution in [0.15, 0.2) is 23.4 Å². The average Bonchev–Trinajstić information content (AvgIpc) is 2.27. The molecule has 0 spiro atoms. The maximum atomic E-state index is 13.2. The number of nitrogens with zero attached hydrogens (tertiary/aromatic N) is 1. The van der Waals surface area contributed by atoms with Gasteiger partial charge < -0.3 is 10.9 Å². The Labute approximate surface area is 117 Å². The Hall–Kier alpha value is -1.83. The minimum absolute atomic E-state index is 0.0232. The summed E-state index contributed by atoms with van der Waals surface area (Å²) >= 11 is 0. The van der Waals surface area contributed by atoms with E-state index in [0.29, 0.717) is 0 Å². The van der Waals surface area contributed by atoms with Gasteiger partial charge >= 0.3 is 0 Å². The molecule has 0 bridgehead atoms. The Morgan fingerprint density at radius 2 is 2.05 bits per heavy atom. The van der Waals surface area contributed by atoms with Crippen molar-refractivity contribution in [3.8, 4) is 0 Å². The van der Waals surface area contributed by atoms with E-state index in [0.717, 1.165) is 12.1 Å². The van der Waals surface area contributed by atoms with Gasteiger partial charge in [0, 0.05) is 5.56 Å². The van der Waals surface area contributed by atoms with E-state index < -0.39 is 21.3 Å². The molecule has 0 radical (unpaired) electrons. The molecule has 0 unspecified atom stereocenters. The van der Waals surface area contributed by atoms with Gasteiger partial charge in [-0.2, -0.15) is 0 Å². The molecule has 0 heterocycles. The molecule has 0 aliphatic carbocycles. The van der Waals surface area contributed by atoms with Crippen molar-refractivity contribution in [2.75, 3.05) is 10.5 Å². The smallest absolute Gasteiger partial charge is 0.233 e. The Morgan fingerprint density at radius 1 is 1.45 bits per heavy atom. The van der Waals surface area contributed by atoms with Crippen LogP contribution in [0.2, 0.25) is 0 Å². The first kappa shape index (κ1) is 16.2. The Kier molecular flexibility index (Phi) is 4.59. The summed E-state index contributed by atoms with van der Waals surface area (Å²) in [6.07, 6.45) is 0. The number of sulfonamides is 1. The molecule has 112 valence electrons. The van der Waals surface area contributed by atoms with Crippen LogP contribution in [0.4, 0.5) is 10.1 Å². The number of hydrogen-bond donors (Lipinski definition) is 3. The second-order valence-corrected chi connectivity index (χ2v) is 7.32. The molecular formula is C12H18FN3O3S. The second-order valence-electron chi connectivity index (χ2n) is 5.60. The first-order chi connectivity index (χ1) is 9.04. The summed E-state index contributed by atoms with van der Waals surface area (Å²) in [5.74, 6) is -1.11. The van der Waals surface area contributed by atoms with Gasteiger partial charge in [0.05, 0.1) is 11.4 Å². The third kappa shape index (κ3) is 4.69. The van der Waals surface area contributed by atoms with Crippen molar-refractivity contribution in [2.24, 2.45) is 16.3 Å². The lowest BCUT2D eigenvalue weighted by atomic mass is 10.0. The largest absolute Gasteiger partial charge is 0.409 e. The summed E-state index contributed by atoms with van der Waals surface area (Å²) in [6.45, 7) is 5.34. The lowest BCUT2D eigenvalue weighted by Gasteiger charge is -2.19. The molecule has 0 amide bonds. The molecule has 1 aromatic carbocycles. The van der Waals surface area contributed by atoms with E-state index in [4.69, 9.17) is 10.9 Å². The molecule has 0 saturated carbocycles. The summed E-state index contributed by atoms with van der Waals surface area (Å²) in [6, 6.07) is 3.30. The van der Waals surface area contributed by atoms with Gasteiger partial charge in [-0.25, -0.2) is 12.8 Å². The number of amidine groups is 1. The molecule has 0 aromatic heterocycles. The highest BCUT2D eigenvalue weighted by atomic mass is 32.2. The molecule has 1 rings (SSSR count). The Bertz CT molecular complexity index is 621. The van der Waals surface area contributed by atoms with Crippen molar-refractivity contribution in [1.82, 2.24) is 0 Å². The molecule has 1 aromatic rings. The highest BCUT2D eigenvalue weighted by molar-refractivity contribution is 7.92. The van der Waals surface area contributed by atoms with Gasteiger partial charge in [0.2, 0.25) is 10.0 Å². The predicted octanol–water partition coefficient (Wildman–Crippen LogP) is 1.71. The van der Waals surface area contributed by atoms with Crippen LogP contribution in [0.1, 0.15) is 26.3 Å². The fourth-order valence-corrected chi connectivity index (χ4v) is 3.37.